The fourth-order valence-electron chi connectivity index (χ4n) is 1.84. The lowest BCUT2D eigenvalue weighted by Gasteiger charge is -2.32. The molecule has 5 nitrogen and oxygen atoms in total. The van der Waals surface area contributed by atoms with Crippen molar-refractivity contribution in [3.8, 4) is 0 Å². The molecule has 0 aromatic carbocycles. The first-order valence-corrected chi connectivity index (χ1v) is 5.35. The van der Waals surface area contributed by atoms with E-state index in [2.05, 4.69) is 10.6 Å². The average molecular weight is 224 g/mol. The number of hydrogen-bond acceptors (Lipinski definition) is 3. The van der Waals surface area contributed by atoms with E-state index >= 15 is 0 Å². The summed E-state index contributed by atoms with van der Waals surface area (Å²) in [7, 11) is 0. The standard InChI is InChI=1S/C11H16N2O3/c1-3-5-7-11(6-4-2)8(14)12-10(16)13-9(11)15/h3,5H,4,6-7H2,1-2H3,(H2,12,13,14,15,16). The van der Waals surface area contributed by atoms with Crippen LogP contribution in [0.25, 0.3) is 0 Å². The van der Waals surface area contributed by atoms with E-state index < -0.39 is 23.3 Å². The number of imide groups is 2. The number of hydrogen-bond donors (Lipinski definition) is 2. The summed E-state index contributed by atoms with van der Waals surface area (Å²) in [6.07, 6.45) is 5.01. The highest BCUT2D eigenvalue weighted by molar-refractivity contribution is 6.19. The normalized spacial score (nSPS) is 19.8. The summed E-state index contributed by atoms with van der Waals surface area (Å²) in [5.74, 6) is -0.998. The van der Waals surface area contributed by atoms with Crippen LogP contribution in [0.1, 0.15) is 33.1 Å². The SMILES string of the molecule is CC=CCC1(CCC)C(=O)NC(=O)NC1=O. The van der Waals surface area contributed by atoms with Gasteiger partial charge in [0.15, 0.2) is 0 Å². The molecule has 2 N–H and O–H groups in total. The molecular formula is C11H16N2O3. The van der Waals surface area contributed by atoms with Crippen LogP contribution in [0.2, 0.25) is 0 Å². The van der Waals surface area contributed by atoms with Crippen molar-refractivity contribution >= 4 is 17.8 Å². The third kappa shape index (κ3) is 2.13. The van der Waals surface area contributed by atoms with Gasteiger partial charge in [0.05, 0.1) is 0 Å². The third-order valence-corrected chi connectivity index (χ3v) is 2.70. The van der Waals surface area contributed by atoms with Gasteiger partial charge < -0.3 is 0 Å². The molecule has 0 aromatic heterocycles. The molecule has 1 aliphatic heterocycles. The number of rotatable bonds is 4. The van der Waals surface area contributed by atoms with Crippen LogP contribution < -0.4 is 10.6 Å². The zero-order valence-corrected chi connectivity index (χ0v) is 9.50. The van der Waals surface area contributed by atoms with Crippen molar-refractivity contribution in [3.63, 3.8) is 0 Å². The Balaban J connectivity index is 3.01. The Morgan fingerprint density at radius 1 is 1.19 bits per heavy atom. The van der Waals surface area contributed by atoms with Gasteiger partial charge in [-0.1, -0.05) is 25.5 Å². The first-order valence-electron chi connectivity index (χ1n) is 5.35. The molecule has 0 bridgehead atoms. The maximum Gasteiger partial charge on any atom is 0.328 e. The Morgan fingerprint density at radius 2 is 1.75 bits per heavy atom. The van der Waals surface area contributed by atoms with Gasteiger partial charge in [-0.25, -0.2) is 4.79 Å². The van der Waals surface area contributed by atoms with Gasteiger partial charge in [-0.2, -0.15) is 0 Å². The van der Waals surface area contributed by atoms with Crippen molar-refractivity contribution in [2.75, 3.05) is 0 Å². The number of allylic oxidation sites excluding steroid dienone is 2. The summed E-state index contributed by atoms with van der Waals surface area (Å²) in [4.78, 5) is 34.6. The highest BCUT2D eigenvalue weighted by Gasteiger charge is 2.48. The van der Waals surface area contributed by atoms with Crippen molar-refractivity contribution in [1.82, 2.24) is 10.6 Å². The number of amides is 4. The minimum Gasteiger partial charge on any atom is -0.277 e. The Bertz CT molecular complexity index is 327. The maximum absolute atomic E-state index is 11.8. The molecule has 1 heterocycles. The van der Waals surface area contributed by atoms with E-state index in [-0.39, 0.29) is 0 Å². The Kier molecular flexibility index (Phi) is 3.82. The zero-order valence-electron chi connectivity index (χ0n) is 9.50. The summed E-state index contributed by atoms with van der Waals surface area (Å²) in [5, 5.41) is 4.30. The highest BCUT2D eigenvalue weighted by atomic mass is 16.2. The summed E-state index contributed by atoms with van der Waals surface area (Å²) in [5.41, 5.74) is -1.13. The van der Waals surface area contributed by atoms with Crippen LogP contribution in [0.5, 0.6) is 0 Å². The molecule has 0 aromatic rings. The third-order valence-electron chi connectivity index (χ3n) is 2.70. The molecule has 1 fully saturated rings. The maximum atomic E-state index is 11.8. The van der Waals surface area contributed by atoms with Crippen LogP contribution in [0.3, 0.4) is 0 Å². The average Bonchev–Trinajstić information content (AvgIpc) is 2.22. The van der Waals surface area contributed by atoms with Crippen LogP contribution in [0.4, 0.5) is 4.79 Å². The molecule has 1 aliphatic rings. The lowest BCUT2D eigenvalue weighted by Crippen LogP contribution is -2.62. The lowest BCUT2D eigenvalue weighted by molar-refractivity contribution is -0.144. The van der Waals surface area contributed by atoms with Crippen LogP contribution in [-0.2, 0) is 9.59 Å². The van der Waals surface area contributed by atoms with E-state index in [1.165, 1.54) is 0 Å². The van der Waals surface area contributed by atoms with Crippen molar-refractivity contribution in [2.45, 2.75) is 33.1 Å². The number of nitrogens with one attached hydrogen (secondary N) is 2. The molecule has 1 saturated heterocycles. The minimum atomic E-state index is -1.13. The molecule has 0 atom stereocenters. The number of carbonyl (C=O) groups is 3. The second kappa shape index (κ2) is 4.92. The van der Waals surface area contributed by atoms with Crippen LogP contribution in [-0.4, -0.2) is 17.8 Å². The molecule has 0 radical (unpaired) electrons. The van der Waals surface area contributed by atoms with Crippen molar-refractivity contribution in [3.05, 3.63) is 12.2 Å². The largest absolute Gasteiger partial charge is 0.328 e. The monoisotopic (exact) mass is 224 g/mol. The molecule has 0 aliphatic carbocycles. The molecule has 4 amide bonds. The fourth-order valence-corrected chi connectivity index (χ4v) is 1.84. The van der Waals surface area contributed by atoms with Gasteiger partial charge in [-0.15, -0.1) is 0 Å². The summed E-state index contributed by atoms with van der Waals surface area (Å²) >= 11 is 0. The molecule has 0 spiro atoms. The number of carbonyl (C=O) groups excluding carboxylic acids is 3. The van der Waals surface area contributed by atoms with E-state index in [0.29, 0.717) is 19.3 Å². The Labute approximate surface area is 94.3 Å². The topological polar surface area (TPSA) is 75.3 Å². The Hall–Kier alpha value is -1.65. The number of urea groups is 1. The second-order valence-electron chi connectivity index (χ2n) is 3.84. The first kappa shape index (κ1) is 12.4. The molecule has 16 heavy (non-hydrogen) atoms. The molecule has 5 heteroatoms. The first-order chi connectivity index (χ1) is 7.56. The van der Waals surface area contributed by atoms with Gasteiger partial charge in [-0.05, 0) is 19.8 Å². The summed E-state index contributed by atoms with van der Waals surface area (Å²) < 4.78 is 0. The number of barbiturate groups is 1. The lowest BCUT2D eigenvalue weighted by atomic mass is 9.77. The van der Waals surface area contributed by atoms with Gasteiger partial charge in [0.2, 0.25) is 11.8 Å². The van der Waals surface area contributed by atoms with Crippen LogP contribution in [0, 0.1) is 5.41 Å². The molecule has 88 valence electrons. The van der Waals surface area contributed by atoms with Gasteiger partial charge in [0.1, 0.15) is 5.41 Å². The minimum absolute atomic E-state index is 0.322. The van der Waals surface area contributed by atoms with Gasteiger partial charge >= 0.3 is 6.03 Å². The predicted octanol–water partition coefficient (Wildman–Crippen LogP) is 1.11. The molecule has 0 saturated carbocycles. The van der Waals surface area contributed by atoms with Crippen molar-refractivity contribution < 1.29 is 14.4 Å². The van der Waals surface area contributed by atoms with E-state index in [9.17, 15) is 14.4 Å². The van der Waals surface area contributed by atoms with Gasteiger partial charge in [0, 0.05) is 0 Å². The predicted molar refractivity (Wildman–Crippen MR) is 58.5 cm³/mol. The van der Waals surface area contributed by atoms with Crippen molar-refractivity contribution in [2.24, 2.45) is 5.41 Å². The second-order valence-corrected chi connectivity index (χ2v) is 3.84. The van der Waals surface area contributed by atoms with Crippen LogP contribution in [0.15, 0.2) is 12.2 Å². The highest BCUT2D eigenvalue weighted by Crippen LogP contribution is 2.31. The van der Waals surface area contributed by atoms with Gasteiger partial charge in [0.25, 0.3) is 0 Å². The summed E-state index contributed by atoms with van der Waals surface area (Å²) in [6, 6.07) is -0.734. The summed E-state index contributed by atoms with van der Waals surface area (Å²) in [6.45, 7) is 3.72. The van der Waals surface area contributed by atoms with Gasteiger partial charge in [-0.3, -0.25) is 20.2 Å². The smallest absolute Gasteiger partial charge is 0.277 e. The zero-order chi connectivity index (χ0) is 12.2. The van der Waals surface area contributed by atoms with E-state index in [1.807, 2.05) is 13.8 Å². The van der Waals surface area contributed by atoms with Crippen molar-refractivity contribution in [1.29, 1.82) is 0 Å². The quantitative estimate of drug-likeness (QED) is 0.554. The van der Waals surface area contributed by atoms with E-state index in [4.69, 9.17) is 0 Å². The van der Waals surface area contributed by atoms with E-state index in [0.717, 1.165) is 0 Å². The molecule has 0 unspecified atom stereocenters. The Morgan fingerprint density at radius 3 is 2.19 bits per heavy atom. The van der Waals surface area contributed by atoms with E-state index in [1.54, 1.807) is 12.2 Å². The fraction of sp³-hybridized carbons (Fsp3) is 0.545. The molecular weight excluding hydrogens is 208 g/mol. The molecule has 1 rings (SSSR count). The van der Waals surface area contributed by atoms with Crippen LogP contribution >= 0.6 is 0 Å².